The third-order valence-corrected chi connectivity index (χ3v) is 3.14. The summed E-state index contributed by atoms with van der Waals surface area (Å²) in [5.74, 6) is 0.729. The SMILES string of the molecule is CCCCC(CCC)c1ccc(Cl)cc1.OS. The van der Waals surface area contributed by atoms with Crippen molar-refractivity contribution < 1.29 is 4.55 Å². The number of hydrogen-bond acceptors (Lipinski definition) is 2. The summed E-state index contributed by atoms with van der Waals surface area (Å²) in [6.45, 7) is 4.51. The van der Waals surface area contributed by atoms with Gasteiger partial charge in [-0.3, -0.25) is 0 Å². The number of hydrogen-bond donors (Lipinski definition) is 2. The number of halogens is 1. The molecule has 0 bridgehead atoms. The van der Waals surface area contributed by atoms with Crippen LogP contribution < -0.4 is 0 Å². The average Bonchev–Trinajstić information content (AvgIpc) is 2.38. The smallest absolute Gasteiger partial charge is 0.0406 e. The molecule has 1 N–H and O–H groups in total. The molecule has 1 aromatic rings. The fourth-order valence-electron chi connectivity index (χ4n) is 2.01. The Morgan fingerprint density at radius 2 is 1.65 bits per heavy atom. The first-order valence-corrected chi connectivity index (χ1v) is 7.01. The maximum atomic E-state index is 6.69. The number of benzene rings is 1. The molecule has 0 saturated carbocycles. The van der Waals surface area contributed by atoms with Crippen LogP contribution in [0, 0.1) is 0 Å². The third-order valence-electron chi connectivity index (χ3n) is 2.88. The quantitative estimate of drug-likeness (QED) is 0.496. The number of unbranched alkanes of at least 4 members (excludes halogenated alkanes) is 1. The van der Waals surface area contributed by atoms with Crippen LogP contribution in [0.3, 0.4) is 0 Å². The minimum absolute atomic E-state index is 0.729. The van der Waals surface area contributed by atoms with Gasteiger partial charge in [-0.1, -0.05) is 56.8 Å². The maximum absolute atomic E-state index is 6.69. The molecule has 1 aromatic carbocycles. The van der Waals surface area contributed by atoms with Gasteiger partial charge in [0.2, 0.25) is 0 Å². The van der Waals surface area contributed by atoms with E-state index in [1.807, 2.05) is 12.1 Å². The lowest BCUT2D eigenvalue weighted by Gasteiger charge is -2.16. The van der Waals surface area contributed by atoms with Crippen LogP contribution in [0.4, 0.5) is 0 Å². The zero-order chi connectivity index (χ0) is 13.1. The van der Waals surface area contributed by atoms with E-state index >= 15 is 0 Å². The molecule has 0 saturated heterocycles. The first-order valence-electron chi connectivity index (χ1n) is 6.23. The highest BCUT2D eigenvalue weighted by Crippen LogP contribution is 2.27. The van der Waals surface area contributed by atoms with E-state index in [0.29, 0.717) is 0 Å². The van der Waals surface area contributed by atoms with Crippen molar-refractivity contribution in [2.45, 2.75) is 51.9 Å². The van der Waals surface area contributed by atoms with Gasteiger partial charge in [-0.15, -0.1) is 0 Å². The Balaban J connectivity index is 0.00000121. The lowest BCUT2D eigenvalue weighted by molar-refractivity contribution is 0.541. The summed E-state index contributed by atoms with van der Waals surface area (Å²) in [6.07, 6.45) is 6.48. The standard InChI is InChI=1S/C14H21Cl.H2OS/c1-3-5-7-12(6-4-2)13-8-10-14(15)11-9-13;1-2/h8-12H,3-7H2,1-2H3;1-2H. The largest absolute Gasteiger partial charge is 0.333 e. The highest BCUT2D eigenvalue weighted by molar-refractivity contribution is 7.74. The van der Waals surface area contributed by atoms with Crippen LogP contribution in [-0.4, -0.2) is 4.55 Å². The van der Waals surface area contributed by atoms with Crippen LogP contribution in [0.15, 0.2) is 24.3 Å². The van der Waals surface area contributed by atoms with Gasteiger partial charge in [0.15, 0.2) is 0 Å². The molecule has 1 atom stereocenters. The van der Waals surface area contributed by atoms with Gasteiger partial charge >= 0.3 is 0 Å². The molecule has 98 valence electrons. The van der Waals surface area contributed by atoms with Gasteiger partial charge in [-0.2, -0.15) is 0 Å². The summed E-state index contributed by atoms with van der Waals surface area (Å²) in [4.78, 5) is 0. The van der Waals surface area contributed by atoms with E-state index in [-0.39, 0.29) is 0 Å². The van der Waals surface area contributed by atoms with Crippen molar-refractivity contribution >= 4 is 24.5 Å². The second-order valence-electron chi connectivity index (χ2n) is 4.18. The number of rotatable bonds is 6. The van der Waals surface area contributed by atoms with Crippen LogP contribution in [-0.2, 0) is 0 Å². The highest BCUT2D eigenvalue weighted by atomic mass is 35.5. The Labute approximate surface area is 116 Å². The van der Waals surface area contributed by atoms with Crippen molar-refractivity contribution in [3.63, 3.8) is 0 Å². The third kappa shape index (κ3) is 6.97. The van der Waals surface area contributed by atoms with Crippen molar-refractivity contribution in [2.24, 2.45) is 0 Å². The van der Waals surface area contributed by atoms with Crippen LogP contribution in [0.2, 0.25) is 5.02 Å². The monoisotopic (exact) mass is 274 g/mol. The first kappa shape index (κ1) is 16.8. The van der Waals surface area contributed by atoms with Gasteiger partial charge in [0, 0.05) is 5.02 Å². The molecule has 1 unspecified atom stereocenters. The normalized spacial score (nSPS) is 11.6. The molecular weight excluding hydrogens is 252 g/mol. The lowest BCUT2D eigenvalue weighted by atomic mass is 9.90. The lowest BCUT2D eigenvalue weighted by Crippen LogP contribution is -1.98. The van der Waals surface area contributed by atoms with Crippen molar-refractivity contribution in [3.05, 3.63) is 34.9 Å². The van der Waals surface area contributed by atoms with Crippen molar-refractivity contribution in [2.75, 3.05) is 0 Å². The topological polar surface area (TPSA) is 20.2 Å². The molecule has 0 spiro atoms. The van der Waals surface area contributed by atoms with Crippen molar-refractivity contribution in [1.82, 2.24) is 0 Å². The molecule has 0 heterocycles. The summed E-state index contributed by atoms with van der Waals surface area (Å²) >= 11 is 8.43. The van der Waals surface area contributed by atoms with Gasteiger partial charge in [0.25, 0.3) is 0 Å². The highest BCUT2D eigenvalue weighted by Gasteiger charge is 2.09. The summed E-state index contributed by atoms with van der Waals surface area (Å²) in [5.41, 5.74) is 1.45. The Bertz CT molecular complexity index is 274. The molecule has 0 aliphatic rings. The van der Waals surface area contributed by atoms with E-state index in [1.165, 1.54) is 37.7 Å². The molecule has 3 heteroatoms. The van der Waals surface area contributed by atoms with Gasteiger partial charge in [0.1, 0.15) is 0 Å². The average molecular weight is 275 g/mol. The van der Waals surface area contributed by atoms with E-state index < -0.39 is 0 Å². The van der Waals surface area contributed by atoms with Crippen LogP contribution in [0.5, 0.6) is 0 Å². The fourth-order valence-corrected chi connectivity index (χ4v) is 2.14. The zero-order valence-corrected chi connectivity index (χ0v) is 12.3. The summed E-state index contributed by atoms with van der Waals surface area (Å²) in [7, 11) is 0. The van der Waals surface area contributed by atoms with E-state index in [2.05, 4.69) is 38.9 Å². The predicted molar refractivity (Wildman–Crippen MR) is 80.2 cm³/mol. The van der Waals surface area contributed by atoms with Gasteiger partial charge < -0.3 is 4.55 Å². The number of thiol groups is 1. The molecule has 17 heavy (non-hydrogen) atoms. The predicted octanol–water partition coefficient (Wildman–Crippen LogP) is 5.80. The van der Waals surface area contributed by atoms with Crippen molar-refractivity contribution in [3.8, 4) is 0 Å². The molecule has 0 aromatic heterocycles. The van der Waals surface area contributed by atoms with Crippen LogP contribution >= 0.6 is 24.5 Å². The molecule has 0 radical (unpaired) electrons. The second kappa shape index (κ2) is 10.9. The molecular formula is C14H23ClOS. The van der Waals surface area contributed by atoms with E-state index in [9.17, 15) is 0 Å². The maximum Gasteiger partial charge on any atom is 0.0406 e. The van der Waals surface area contributed by atoms with Crippen LogP contribution in [0.1, 0.15) is 57.4 Å². The molecule has 1 nitrogen and oxygen atoms in total. The Morgan fingerprint density at radius 1 is 1.06 bits per heavy atom. The summed E-state index contributed by atoms with van der Waals surface area (Å²) in [6, 6.07) is 8.37. The molecule has 0 amide bonds. The Kier molecular flexibility index (Phi) is 10.8. The van der Waals surface area contributed by atoms with Gasteiger partial charge in [-0.25, -0.2) is 0 Å². The molecule has 0 aliphatic heterocycles. The second-order valence-corrected chi connectivity index (χ2v) is 4.62. The van der Waals surface area contributed by atoms with Crippen LogP contribution in [0.25, 0.3) is 0 Å². The first-order chi connectivity index (χ1) is 8.27. The Morgan fingerprint density at radius 3 is 2.12 bits per heavy atom. The minimum atomic E-state index is 0.729. The molecule has 0 fully saturated rings. The van der Waals surface area contributed by atoms with Gasteiger partial charge in [0.05, 0.1) is 0 Å². The Hall–Kier alpha value is -0.180. The summed E-state index contributed by atoms with van der Waals surface area (Å²) in [5, 5.41) is 0.837. The summed E-state index contributed by atoms with van der Waals surface area (Å²) < 4.78 is 6.69. The van der Waals surface area contributed by atoms with E-state index in [4.69, 9.17) is 16.2 Å². The van der Waals surface area contributed by atoms with E-state index in [0.717, 1.165) is 10.9 Å². The minimum Gasteiger partial charge on any atom is -0.333 e. The molecule has 1 rings (SSSR count). The van der Waals surface area contributed by atoms with E-state index in [1.54, 1.807) is 0 Å². The van der Waals surface area contributed by atoms with Crippen molar-refractivity contribution in [1.29, 1.82) is 0 Å². The van der Waals surface area contributed by atoms with Gasteiger partial charge in [-0.05, 0) is 49.4 Å². The fraction of sp³-hybridized carbons (Fsp3) is 0.571. The zero-order valence-electron chi connectivity index (χ0n) is 10.7. The molecule has 0 aliphatic carbocycles.